The number of halogens is 1. The minimum absolute atomic E-state index is 0.0232. The second-order valence-electron chi connectivity index (χ2n) is 10.5. The number of aryl methyl sites for hydroxylation is 3. The standard InChI is InChI=1S/C32H29FN2O4/c1-17-10-20(27-15-34-19(3)14-35-27)11-18(2)31(17)24-6-8-26(33)32-25(24)7-9-28(32)39-22-4-5-23-21(12-30(36)37)16-38-29(23)13-22/h4-6,8,10-11,13-15,21,28H,7,9,12,16H2,1-3H3,(H,36,37)/t21?,28-/m1/s1. The van der Waals surface area contributed by atoms with E-state index in [4.69, 9.17) is 14.6 Å². The van der Waals surface area contributed by atoms with Gasteiger partial charge in [-0.05, 0) is 85.7 Å². The van der Waals surface area contributed by atoms with Crippen LogP contribution in [-0.4, -0.2) is 27.7 Å². The van der Waals surface area contributed by atoms with Gasteiger partial charge in [0, 0.05) is 34.9 Å². The summed E-state index contributed by atoms with van der Waals surface area (Å²) in [6.45, 7) is 6.41. The Morgan fingerprint density at radius 1 is 1.08 bits per heavy atom. The van der Waals surface area contributed by atoms with Crippen molar-refractivity contribution in [3.05, 3.63) is 94.2 Å². The van der Waals surface area contributed by atoms with Crippen LogP contribution in [0.1, 0.15) is 58.4 Å². The van der Waals surface area contributed by atoms with E-state index in [1.54, 1.807) is 18.5 Å². The Bertz CT molecular complexity index is 1580. The second kappa shape index (κ2) is 9.80. The molecule has 1 aromatic heterocycles. The summed E-state index contributed by atoms with van der Waals surface area (Å²) in [5, 5.41) is 9.16. The number of carboxylic acid groups (broad SMARTS) is 1. The highest BCUT2D eigenvalue weighted by molar-refractivity contribution is 5.79. The van der Waals surface area contributed by atoms with Crippen LogP contribution in [0.15, 0.2) is 54.9 Å². The predicted octanol–water partition coefficient (Wildman–Crippen LogP) is 6.89. The van der Waals surface area contributed by atoms with Crippen LogP contribution in [0.25, 0.3) is 22.4 Å². The summed E-state index contributed by atoms with van der Waals surface area (Å²) in [6, 6.07) is 13.1. The van der Waals surface area contributed by atoms with Gasteiger partial charge in [0.2, 0.25) is 0 Å². The molecule has 7 heteroatoms. The van der Waals surface area contributed by atoms with Crippen LogP contribution in [0.2, 0.25) is 0 Å². The van der Waals surface area contributed by atoms with Gasteiger partial charge < -0.3 is 14.6 Å². The van der Waals surface area contributed by atoms with E-state index in [0.717, 1.165) is 50.3 Å². The molecule has 0 amide bonds. The van der Waals surface area contributed by atoms with Gasteiger partial charge in [0.05, 0.1) is 30.6 Å². The molecular weight excluding hydrogens is 495 g/mol. The van der Waals surface area contributed by atoms with Gasteiger partial charge in [0.15, 0.2) is 0 Å². The summed E-state index contributed by atoms with van der Waals surface area (Å²) in [7, 11) is 0. The number of hydrogen-bond acceptors (Lipinski definition) is 5. The Labute approximate surface area is 226 Å². The fourth-order valence-corrected chi connectivity index (χ4v) is 5.98. The molecule has 39 heavy (non-hydrogen) atoms. The topological polar surface area (TPSA) is 81.5 Å². The van der Waals surface area contributed by atoms with Crippen LogP contribution in [0.5, 0.6) is 11.5 Å². The fourth-order valence-electron chi connectivity index (χ4n) is 5.98. The van der Waals surface area contributed by atoms with Crippen molar-refractivity contribution in [1.29, 1.82) is 0 Å². The molecule has 2 heterocycles. The van der Waals surface area contributed by atoms with Crippen molar-refractivity contribution < 1.29 is 23.8 Å². The molecule has 1 N–H and O–H groups in total. The Kier molecular flexibility index (Phi) is 6.29. The number of nitrogens with zero attached hydrogens (tertiary/aromatic N) is 2. The van der Waals surface area contributed by atoms with E-state index in [2.05, 4.69) is 35.9 Å². The molecule has 0 saturated carbocycles. The predicted molar refractivity (Wildman–Crippen MR) is 146 cm³/mol. The monoisotopic (exact) mass is 524 g/mol. The number of rotatable bonds is 6. The highest BCUT2D eigenvalue weighted by Gasteiger charge is 2.32. The lowest BCUT2D eigenvalue weighted by molar-refractivity contribution is -0.137. The van der Waals surface area contributed by atoms with Crippen molar-refractivity contribution in [2.45, 2.75) is 52.1 Å². The highest BCUT2D eigenvalue weighted by Crippen LogP contribution is 2.45. The second-order valence-corrected chi connectivity index (χ2v) is 10.5. The lowest BCUT2D eigenvalue weighted by atomic mass is 9.88. The van der Waals surface area contributed by atoms with Crippen molar-refractivity contribution in [3.63, 3.8) is 0 Å². The van der Waals surface area contributed by atoms with Crippen LogP contribution in [0.3, 0.4) is 0 Å². The average Bonchev–Trinajstić information content (AvgIpc) is 3.50. The molecule has 0 fully saturated rings. The Morgan fingerprint density at radius 3 is 2.59 bits per heavy atom. The van der Waals surface area contributed by atoms with Crippen molar-refractivity contribution in [2.24, 2.45) is 0 Å². The first-order chi connectivity index (χ1) is 18.8. The molecule has 4 aromatic rings. The first-order valence-corrected chi connectivity index (χ1v) is 13.2. The molecule has 0 radical (unpaired) electrons. The number of hydrogen-bond donors (Lipinski definition) is 1. The van der Waals surface area contributed by atoms with Gasteiger partial charge in [-0.1, -0.05) is 12.1 Å². The average molecular weight is 525 g/mol. The van der Waals surface area contributed by atoms with Crippen molar-refractivity contribution in [2.75, 3.05) is 6.61 Å². The van der Waals surface area contributed by atoms with E-state index in [9.17, 15) is 4.79 Å². The number of ether oxygens (including phenoxy) is 2. The fraction of sp³-hybridized carbons (Fsp3) is 0.281. The minimum atomic E-state index is -0.852. The van der Waals surface area contributed by atoms with E-state index >= 15 is 4.39 Å². The Balaban J connectivity index is 1.31. The zero-order valence-corrected chi connectivity index (χ0v) is 22.1. The number of fused-ring (bicyclic) bond motifs is 2. The van der Waals surface area contributed by atoms with Crippen LogP contribution in [0.4, 0.5) is 4.39 Å². The van der Waals surface area contributed by atoms with E-state index < -0.39 is 12.1 Å². The maximum atomic E-state index is 15.3. The molecule has 0 spiro atoms. The molecular formula is C32H29FN2O4. The third-order valence-electron chi connectivity index (χ3n) is 7.73. The quantitative estimate of drug-likeness (QED) is 0.296. The van der Waals surface area contributed by atoms with Crippen molar-refractivity contribution in [1.82, 2.24) is 9.97 Å². The van der Waals surface area contributed by atoms with Crippen molar-refractivity contribution in [3.8, 4) is 33.9 Å². The van der Waals surface area contributed by atoms with E-state index in [-0.39, 0.29) is 18.2 Å². The maximum Gasteiger partial charge on any atom is 0.304 e. The van der Waals surface area contributed by atoms with Crippen LogP contribution < -0.4 is 9.47 Å². The van der Waals surface area contributed by atoms with E-state index in [1.807, 2.05) is 25.1 Å². The van der Waals surface area contributed by atoms with Crippen LogP contribution >= 0.6 is 0 Å². The Morgan fingerprint density at radius 2 is 1.87 bits per heavy atom. The molecule has 1 aliphatic heterocycles. The lowest BCUT2D eigenvalue weighted by Gasteiger charge is -2.19. The molecule has 198 valence electrons. The summed E-state index contributed by atoms with van der Waals surface area (Å²) in [4.78, 5) is 20.1. The van der Waals surface area contributed by atoms with Gasteiger partial charge in [-0.2, -0.15) is 0 Å². The third kappa shape index (κ3) is 4.62. The minimum Gasteiger partial charge on any atom is -0.492 e. The van der Waals surface area contributed by atoms with Gasteiger partial charge >= 0.3 is 5.97 Å². The van der Waals surface area contributed by atoms with Gasteiger partial charge in [0.25, 0.3) is 0 Å². The molecule has 0 saturated heterocycles. The van der Waals surface area contributed by atoms with Crippen LogP contribution in [0, 0.1) is 26.6 Å². The molecule has 2 aliphatic rings. The van der Waals surface area contributed by atoms with Gasteiger partial charge in [0.1, 0.15) is 23.4 Å². The first kappa shape index (κ1) is 25.0. The first-order valence-electron chi connectivity index (χ1n) is 13.2. The number of aromatic nitrogens is 2. The zero-order valence-electron chi connectivity index (χ0n) is 22.1. The molecule has 6 nitrogen and oxygen atoms in total. The zero-order chi connectivity index (χ0) is 27.3. The third-order valence-corrected chi connectivity index (χ3v) is 7.73. The molecule has 1 unspecified atom stereocenters. The SMILES string of the molecule is Cc1cnc(-c2cc(C)c(-c3ccc(F)c4c3CC[C@H]4Oc3ccc4c(c3)OCC4CC(=O)O)c(C)c2)cn1. The lowest BCUT2D eigenvalue weighted by Crippen LogP contribution is -2.07. The van der Waals surface area contributed by atoms with Gasteiger partial charge in [-0.25, -0.2) is 4.39 Å². The van der Waals surface area contributed by atoms with Gasteiger partial charge in [-0.15, -0.1) is 0 Å². The highest BCUT2D eigenvalue weighted by atomic mass is 19.1. The van der Waals surface area contributed by atoms with Gasteiger partial charge in [-0.3, -0.25) is 14.8 Å². The smallest absolute Gasteiger partial charge is 0.304 e. The molecule has 1 aliphatic carbocycles. The summed E-state index contributed by atoms with van der Waals surface area (Å²) < 4.78 is 27.3. The summed E-state index contributed by atoms with van der Waals surface area (Å²) in [5.41, 5.74) is 9.48. The molecule has 2 atom stereocenters. The number of aliphatic carboxylic acids is 1. The Hall–Kier alpha value is -4.26. The summed E-state index contributed by atoms with van der Waals surface area (Å²) in [6.07, 6.45) is 4.53. The largest absolute Gasteiger partial charge is 0.492 e. The molecule has 3 aromatic carbocycles. The maximum absolute atomic E-state index is 15.3. The van der Waals surface area contributed by atoms with E-state index in [1.165, 1.54) is 6.07 Å². The molecule has 0 bridgehead atoms. The number of carbonyl (C=O) groups is 1. The normalized spacial score (nSPS) is 17.4. The summed E-state index contributed by atoms with van der Waals surface area (Å²) in [5.74, 6) is -0.0691. The van der Waals surface area contributed by atoms with Crippen LogP contribution in [-0.2, 0) is 11.2 Å². The molecule has 6 rings (SSSR count). The number of carboxylic acids is 1. The number of benzene rings is 3. The van der Waals surface area contributed by atoms with Crippen molar-refractivity contribution >= 4 is 5.97 Å². The summed E-state index contributed by atoms with van der Waals surface area (Å²) >= 11 is 0. The van der Waals surface area contributed by atoms with E-state index in [0.29, 0.717) is 36.5 Å².